The van der Waals surface area contributed by atoms with E-state index >= 15 is 0 Å². The van der Waals surface area contributed by atoms with Crippen LogP contribution in [0.25, 0.3) is 0 Å². The molecule has 0 aliphatic carbocycles. The molecule has 0 atom stereocenters. The first-order valence-corrected chi connectivity index (χ1v) is 3.95. The van der Waals surface area contributed by atoms with E-state index in [9.17, 15) is 4.79 Å². The van der Waals surface area contributed by atoms with Crippen LogP contribution in [0.2, 0.25) is 0 Å². The third-order valence-electron chi connectivity index (χ3n) is 1.62. The topological polar surface area (TPSA) is 20.3 Å². The van der Waals surface area contributed by atoms with E-state index in [1.54, 1.807) is 0 Å². The Morgan fingerprint density at radius 2 is 2.55 bits per heavy atom. The third-order valence-corrected chi connectivity index (χ3v) is 1.62. The smallest absolute Gasteiger partial charge is 0.147 e. The van der Waals surface area contributed by atoms with Gasteiger partial charge in [0.15, 0.2) is 0 Å². The lowest BCUT2D eigenvalue weighted by molar-refractivity contribution is -0.105. The molecule has 0 bridgehead atoms. The predicted octanol–water partition coefficient (Wildman–Crippen LogP) is 1.70. The number of carbonyl (C=O) groups is 1. The molecule has 0 amide bonds. The van der Waals surface area contributed by atoms with Crippen molar-refractivity contribution in [1.82, 2.24) is 4.90 Å². The molecule has 0 aromatic carbocycles. The largest absolute Gasteiger partial charge is 0.354 e. The van der Waals surface area contributed by atoms with E-state index < -0.39 is 0 Å². The minimum atomic E-state index is 0.781. The monoisotopic (exact) mass is 151 g/mol. The number of carbonyl (C=O) groups excluding carboxylic acids is 1. The Labute approximate surface area is 67.2 Å². The van der Waals surface area contributed by atoms with Gasteiger partial charge in [0.2, 0.25) is 0 Å². The maximum absolute atomic E-state index is 10.4. The van der Waals surface area contributed by atoms with E-state index in [1.807, 2.05) is 23.4 Å². The number of nitrogens with zero attached hydrogens (tertiary/aromatic N) is 1. The highest BCUT2D eigenvalue weighted by Gasteiger charge is 2.01. The molecule has 0 fully saturated rings. The first-order chi connectivity index (χ1) is 5.36. The van der Waals surface area contributed by atoms with Crippen LogP contribution >= 0.6 is 0 Å². The van der Waals surface area contributed by atoms with Crippen molar-refractivity contribution in [3.63, 3.8) is 0 Å². The summed E-state index contributed by atoms with van der Waals surface area (Å²) in [6.45, 7) is 3.12. The van der Waals surface area contributed by atoms with Gasteiger partial charge in [-0.15, -0.1) is 0 Å². The van der Waals surface area contributed by atoms with Gasteiger partial charge in [-0.25, -0.2) is 0 Å². The minimum Gasteiger partial charge on any atom is -0.354 e. The van der Waals surface area contributed by atoms with Gasteiger partial charge in [-0.3, -0.25) is 4.79 Å². The zero-order valence-electron chi connectivity index (χ0n) is 6.79. The standard InChI is InChI=1S/C9H13NO/c1-2-5-10-6-3-4-9(7-10)8-11/h3,6-8H,2,4-5H2,1H3. The second-order valence-corrected chi connectivity index (χ2v) is 2.65. The van der Waals surface area contributed by atoms with Crippen LogP contribution in [0.4, 0.5) is 0 Å². The third kappa shape index (κ3) is 2.22. The number of hydrogen-bond donors (Lipinski definition) is 0. The van der Waals surface area contributed by atoms with Gasteiger partial charge in [0.25, 0.3) is 0 Å². The van der Waals surface area contributed by atoms with Crippen LogP contribution in [-0.2, 0) is 4.79 Å². The molecule has 1 rings (SSSR count). The summed E-state index contributed by atoms with van der Waals surface area (Å²) >= 11 is 0. The quantitative estimate of drug-likeness (QED) is 0.572. The van der Waals surface area contributed by atoms with E-state index in [4.69, 9.17) is 0 Å². The predicted molar refractivity (Wildman–Crippen MR) is 44.9 cm³/mol. The average Bonchev–Trinajstić information content (AvgIpc) is 2.06. The van der Waals surface area contributed by atoms with Gasteiger partial charge in [0.05, 0.1) is 0 Å². The maximum atomic E-state index is 10.4. The second kappa shape index (κ2) is 3.96. The van der Waals surface area contributed by atoms with Crippen molar-refractivity contribution in [2.45, 2.75) is 19.8 Å². The first kappa shape index (κ1) is 8.05. The average molecular weight is 151 g/mol. The van der Waals surface area contributed by atoms with Gasteiger partial charge in [-0.05, 0) is 19.0 Å². The van der Waals surface area contributed by atoms with Crippen LogP contribution in [0.15, 0.2) is 24.0 Å². The summed E-state index contributed by atoms with van der Waals surface area (Å²) in [7, 11) is 0. The zero-order chi connectivity index (χ0) is 8.10. The van der Waals surface area contributed by atoms with Crippen molar-refractivity contribution >= 4 is 6.29 Å². The zero-order valence-corrected chi connectivity index (χ0v) is 6.79. The van der Waals surface area contributed by atoms with Crippen molar-refractivity contribution in [1.29, 1.82) is 0 Å². The van der Waals surface area contributed by atoms with Crippen LogP contribution in [-0.4, -0.2) is 17.7 Å². The summed E-state index contributed by atoms with van der Waals surface area (Å²) in [6, 6.07) is 0. The lowest BCUT2D eigenvalue weighted by Gasteiger charge is -2.18. The van der Waals surface area contributed by atoms with Crippen LogP contribution in [0.1, 0.15) is 19.8 Å². The molecule has 0 radical (unpaired) electrons. The molecule has 2 heteroatoms. The maximum Gasteiger partial charge on any atom is 0.147 e. The first-order valence-electron chi connectivity index (χ1n) is 3.95. The van der Waals surface area contributed by atoms with Gasteiger partial charge < -0.3 is 4.90 Å². The molecule has 11 heavy (non-hydrogen) atoms. The summed E-state index contributed by atoms with van der Waals surface area (Å²) < 4.78 is 0. The number of aldehydes is 1. The number of hydrogen-bond acceptors (Lipinski definition) is 2. The van der Waals surface area contributed by atoms with Crippen LogP contribution < -0.4 is 0 Å². The highest BCUT2D eigenvalue weighted by Crippen LogP contribution is 2.09. The van der Waals surface area contributed by atoms with E-state index in [1.165, 1.54) is 0 Å². The van der Waals surface area contributed by atoms with Gasteiger partial charge in [0.1, 0.15) is 6.29 Å². The van der Waals surface area contributed by atoms with Crippen LogP contribution in [0.3, 0.4) is 0 Å². The summed E-state index contributed by atoms with van der Waals surface area (Å²) in [5.74, 6) is 0. The Morgan fingerprint density at radius 1 is 1.73 bits per heavy atom. The molecule has 0 spiro atoms. The second-order valence-electron chi connectivity index (χ2n) is 2.65. The van der Waals surface area contributed by atoms with E-state index in [0.717, 1.165) is 31.2 Å². The molecule has 1 aliphatic heterocycles. The lowest BCUT2D eigenvalue weighted by Crippen LogP contribution is -2.14. The molecule has 2 nitrogen and oxygen atoms in total. The van der Waals surface area contributed by atoms with Gasteiger partial charge in [0, 0.05) is 18.3 Å². The van der Waals surface area contributed by atoms with Gasteiger partial charge >= 0.3 is 0 Å². The highest BCUT2D eigenvalue weighted by molar-refractivity contribution is 5.73. The summed E-state index contributed by atoms with van der Waals surface area (Å²) in [6.07, 6.45) is 8.76. The molecule has 60 valence electrons. The number of rotatable bonds is 3. The summed E-state index contributed by atoms with van der Waals surface area (Å²) in [5, 5.41) is 0. The van der Waals surface area contributed by atoms with Crippen molar-refractivity contribution in [3.8, 4) is 0 Å². The Kier molecular flexibility index (Phi) is 2.90. The fourth-order valence-corrected chi connectivity index (χ4v) is 1.11. The molecule has 0 N–H and O–H groups in total. The molecule has 1 aliphatic rings. The number of allylic oxidation sites excluding steroid dienone is 2. The molecular formula is C9H13NO. The van der Waals surface area contributed by atoms with E-state index in [0.29, 0.717) is 0 Å². The van der Waals surface area contributed by atoms with E-state index in [-0.39, 0.29) is 0 Å². The van der Waals surface area contributed by atoms with Crippen LogP contribution in [0.5, 0.6) is 0 Å². The Morgan fingerprint density at radius 3 is 3.18 bits per heavy atom. The van der Waals surface area contributed by atoms with Crippen molar-refractivity contribution in [2.75, 3.05) is 6.54 Å². The molecule has 0 saturated heterocycles. The molecule has 0 unspecified atom stereocenters. The lowest BCUT2D eigenvalue weighted by atomic mass is 10.2. The van der Waals surface area contributed by atoms with Crippen molar-refractivity contribution in [3.05, 3.63) is 24.0 Å². The SMILES string of the molecule is CCCN1C=CCC(C=O)=C1. The molecule has 1 heterocycles. The van der Waals surface area contributed by atoms with Crippen LogP contribution in [0, 0.1) is 0 Å². The Balaban J connectivity index is 2.53. The Hall–Kier alpha value is -1.05. The fraction of sp³-hybridized carbons (Fsp3) is 0.444. The fourth-order valence-electron chi connectivity index (χ4n) is 1.11. The molecule has 0 saturated carbocycles. The molecule has 0 aromatic rings. The summed E-state index contributed by atoms with van der Waals surface area (Å²) in [4.78, 5) is 12.4. The molecule has 0 aromatic heterocycles. The van der Waals surface area contributed by atoms with Crippen molar-refractivity contribution in [2.24, 2.45) is 0 Å². The van der Waals surface area contributed by atoms with Crippen molar-refractivity contribution < 1.29 is 4.79 Å². The molecular weight excluding hydrogens is 138 g/mol. The van der Waals surface area contributed by atoms with E-state index in [2.05, 4.69) is 6.92 Å². The minimum absolute atomic E-state index is 0.781. The Bertz CT molecular complexity index is 194. The summed E-state index contributed by atoms with van der Waals surface area (Å²) in [5.41, 5.74) is 0.862. The normalized spacial score (nSPS) is 16.5. The van der Waals surface area contributed by atoms with Gasteiger partial charge in [-0.1, -0.05) is 13.0 Å². The highest BCUT2D eigenvalue weighted by atomic mass is 16.1. The van der Waals surface area contributed by atoms with Gasteiger partial charge in [-0.2, -0.15) is 0 Å².